The number of nitrogens with one attached hydrogen (secondary N) is 1. The molecule has 2 aliphatic rings. The Morgan fingerprint density at radius 3 is 2.66 bits per heavy atom. The van der Waals surface area contributed by atoms with Gasteiger partial charge in [0, 0.05) is 44.2 Å². The van der Waals surface area contributed by atoms with Crippen molar-refractivity contribution < 1.29 is 9.53 Å². The van der Waals surface area contributed by atoms with E-state index >= 15 is 0 Å². The first-order valence-electron chi connectivity index (χ1n) is 11.8. The molecular formula is C27H27ClN4O3. The van der Waals surface area contributed by atoms with Gasteiger partial charge in [-0.15, -0.1) is 0 Å². The number of H-pyrrole nitrogens is 1. The van der Waals surface area contributed by atoms with Crippen LogP contribution in [0.1, 0.15) is 40.0 Å². The van der Waals surface area contributed by atoms with Crippen molar-refractivity contribution in [1.29, 1.82) is 0 Å². The Hall–Kier alpha value is -3.18. The maximum atomic E-state index is 13.5. The lowest BCUT2D eigenvalue weighted by molar-refractivity contribution is 0.0342. The van der Waals surface area contributed by atoms with Crippen LogP contribution in [0, 0.1) is 17.8 Å². The highest BCUT2D eigenvalue weighted by atomic mass is 35.5. The highest BCUT2D eigenvalue weighted by molar-refractivity contribution is 6.30. The standard InChI is InChI=1S/C27H27ClN4O3/c1-31(16-19-5-8-22(28)9-6-19)27(34)25-26(33)23-15-20(17-32-10-12-35-13-11-32)14-21(24(23)29-30-25)7-4-18-2-3-18/h5-6,8-9,14-15,18H,2-3,10-13,16-17H2,1H3,(H,29,33). The lowest BCUT2D eigenvalue weighted by Gasteiger charge is -2.26. The fourth-order valence-electron chi connectivity index (χ4n) is 4.17. The van der Waals surface area contributed by atoms with Gasteiger partial charge in [0.1, 0.15) is 0 Å². The van der Waals surface area contributed by atoms with Crippen molar-refractivity contribution in [3.63, 3.8) is 0 Å². The molecule has 1 N–H and O–H groups in total. The predicted octanol–water partition coefficient (Wildman–Crippen LogP) is 3.44. The molecule has 0 unspecified atom stereocenters. The van der Waals surface area contributed by atoms with E-state index < -0.39 is 5.91 Å². The van der Waals surface area contributed by atoms with E-state index in [-0.39, 0.29) is 11.1 Å². The lowest BCUT2D eigenvalue weighted by atomic mass is 10.0. The van der Waals surface area contributed by atoms with Crippen LogP contribution in [-0.4, -0.2) is 59.3 Å². The average molecular weight is 491 g/mol. The molecule has 1 saturated heterocycles. The quantitative estimate of drug-likeness (QED) is 0.554. The van der Waals surface area contributed by atoms with Crippen LogP contribution in [0.4, 0.5) is 0 Å². The number of aromatic nitrogens is 2. The Labute approximate surface area is 209 Å². The number of carbonyl (C=O) groups is 1. The average Bonchev–Trinajstić information content (AvgIpc) is 3.69. The van der Waals surface area contributed by atoms with Gasteiger partial charge in [0.2, 0.25) is 5.43 Å². The summed E-state index contributed by atoms with van der Waals surface area (Å²) in [5.74, 6) is 6.53. The van der Waals surface area contributed by atoms with Crippen LogP contribution in [0.5, 0.6) is 0 Å². The monoisotopic (exact) mass is 490 g/mol. The third kappa shape index (κ3) is 5.57. The zero-order chi connectivity index (χ0) is 24.4. The van der Waals surface area contributed by atoms with Crippen molar-refractivity contribution >= 4 is 28.4 Å². The number of nitrogens with zero attached hydrogens (tertiary/aromatic N) is 3. The molecule has 0 atom stereocenters. The van der Waals surface area contributed by atoms with E-state index in [1.807, 2.05) is 24.3 Å². The van der Waals surface area contributed by atoms with Gasteiger partial charge in [-0.1, -0.05) is 35.6 Å². The molecule has 2 fully saturated rings. The van der Waals surface area contributed by atoms with Crippen molar-refractivity contribution in [1.82, 2.24) is 20.0 Å². The largest absolute Gasteiger partial charge is 0.379 e. The molecule has 0 radical (unpaired) electrons. The van der Waals surface area contributed by atoms with Gasteiger partial charge in [0.05, 0.1) is 29.7 Å². The minimum atomic E-state index is -0.438. The van der Waals surface area contributed by atoms with Crippen molar-refractivity contribution in [3.05, 3.63) is 74.0 Å². The van der Waals surface area contributed by atoms with Crippen molar-refractivity contribution in [2.45, 2.75) is 25.9 Å². The fraction of sp³-hybridized carbons (Fsp3) is 0.370. The summed E-state index contributed by atoms with van der Waals surface area (Å²) in [4.78, 5) is 30.4. The Kier molecular flexibility index (Phi) is 6.87. The number of benzene rings is 2. The number of ether oxygens (including phenoxy) is 1. The highest BCUT2D eigenvalue weighted by Gasteiger charge is 2.22. The zero-order valence-corrected chi connectivity index (χ0v) is 20.4. The smallest absolute Gasteiger partial charge is 0.278 e. The molecule has 1 amide bonds. The number of halogens is 1. The maximum absolute atomic E-state index is 13.5. The SMILES string of the molecule is CN(Cc1ccc(Cl)cc1)C(=O)c1n[nH]c2c(C#CC3CC3)cc(CN3CCOCC3)cc2c1=O. The molecule has 35 heavy (non-hydrogen) atoms. The van der Waals surface area contributed by atoms with Crippen molar-refractivity contribution in [3.8, 4) is 11.8 Å². The van der Waals surface area contributed by atoms with Crippen LogP contribution in [0.2, 0.25) is 5.02 Å². The highest BCUT2D eigenvalue weighted by Crippen LogP contribution is 2.28. The summed E-state index contributed by atoms with van der Waals surface area (Å²) in [7, 11) is 1.66. The molecule has 0 spiro atoms. The second-order valence-corrected chi connectivity index (χ2v) is 9.62. The van der Waals surface area contributed by atoms with Crippen LogP contribution in [0.25, 0.3) is 10.9 Å². The molecule has 0 bridgehead atoms. The van der Waals surface area contributed by atoms with Gasteiger partial charge in [-0.3, -0.25) is 19.6 Å². The summed E-state index contributed by atoms with van der Waals surface area (Å²) < 4.78 is 5.46. The number of amides is 1. The molecule has 1 aromatic heterocycles. The third-order valence-electron chi connectivity index (χ3n) is 6.32. The van der Waals surface area contributed by atoms with Crippen molar-refractivity contribution in [2.24, 2.45) is 5.92 Å². The Morgan fingerprint density at radius 2 is 1.94 bits per heavy atom. The Bertz CT molecular complexity index is 1360. The molecule has 1 saturated carbocycles. The molecule has 2 aromatic carbocycles. The van der Waals surface area contributed by atoms with E-state index in [1.165, 1.54) is 4.90 Å². The first-order chi connectivity index (χ1) is 17.0. The van der Waals surface area contributed by atoms with Crippen LogP contribution in [0.3, 0.4) is 0 Å². The van der Waals surface area contributed by atoms with Gasteiger partial charge in [0.15, 0.2) is 5.69 Å². The number of fused-ring (bicyclic) bond motifs is 1. The summed E-state index contributed by atoms with van der Waals surface area (Å²) in [6, 6.07) is 11.1. The molecule has 7 nitrogen and oxygen atoms in total. The molecule has 1 aliphatic heterocycles. The Morgan fingerprint density at radius 1 is 1.20 bits per heavy atom. The van der Waals surface area contributed by atoms with Gasteiger partial charge >= 0.3 is 0 Å². The van der Waals surface area contributed by atoms with E-state index in [9.17, 15) is 9.59 Å². The van der Waals surface area contributed by atoms with E-state index in [2.05, 4.69) is 26.9 Å². The van der Waals surface area contributed by atoms with Crippen LogP contribution in [-0.2, 0) is 17.8 Å². The van der Waals surface area contributed by atoms with E-state index in [0.29, 0.717) is 48.1 Å². The molecule has 180 valence electrons. The number of hydrogen-bond donors (Lipinski definition) is 1. The van der Waals surface area contributed by atoms with Gasteiger partial charge in [-0.2, -0.15) is 5.10 Å². The number of aromatic amines is 1. The van der Waals surface area contributed by atoms with Crippen molar-refractivity contribution in [2.75, 3.05) is 33.4 Å². The third-order valence-corrected chi connectivity index (χ3v) is 6.57. The van der Waals surface area contributed by atoms with Gasteiger partial charge in [-0.25, -0.2) is 0 Å². The Balaban J connectivity index is 1.48. The summed E-state index contributed by atoms with van der Waals surface area (Å²) >= 11 is 5.96. The molecule has 5 rings (SSSR count). The van der Waals surface area contributed by atoms with Crippen LogP contribution < -0.4 is 5.43 Å². The molecule has 3 aromatic rings. The summed E-state index contributed by atoms with van der Waals surface area (Å²) in [6.07, 6.45) is 2.23. The van der Waals surface area contributed by atoms with E-state index in [1.54, 1.807) is 19.2 Å². The number of carbonyl (C=O) groups excluding carboxylic acids is 1. The number of morpholine rings is 1. The first kappa shape index (κ1) is 23.6. The van der Waals surface area contributed by atoms with E-state index in [4.69, 9.17) is 16.3 Å². The van der Waals surface area contributed by atoms with E-state index in [0.717, 1.165) is 42.6 Å². The van der Waals surface area contributed by atoms with Gasteiger partial charge in [-0.05, 0) is 48.2 Å². The summed E-state index contributed by atoms with van der Waals surface area (Å²) in [5, 5.41) is 8.21. The van der Waals surface area contributed by atoms with Gasteiger partial charge < -0.3 is 9.64 Å². The van der Waals surface area contributed by atoms with Gasteiger partial charge in [0.25, 0.3) is 5.91 Å². The predicted molar refractivity (Wildman–Crippen MR) is 135 cm³/mol. The molecular weight excluding hydrogens is 464 g/mol. The zero-order valence-electron chi connectivity index (χ0n) is 19.6. The molecule has 8 heteroatoms. The molecule has 2 heterocycles. The topological polar surface area (TPSA) is 78.5 Å². The second kappa shape index (κ2) is 10.2. The fourth-order valence-corrected chi connectivity index (χ4v) is 4.29. The minimum Gasteiger partial charge on any atom is -0.379 e. The lowest BCUT2D eigenvalue weighted by Crippen LogP contribution is -2.35. The number of hydrogen-bond acceptors (Lipinski definition) is 5. The summed E-state index contributed by atoms with van der Waals surface area (Å²) in [5.41, 5.74) is 2.71. The first-order valence-corrected chi connectivity index (χ1v) is 12.2. The second-order valence-electron chi connectivity index (χ2n) is 9.19. The minimum absolute atomic E-state index is 0.126. The summed E-state index contributed by atoms with van der Waals surface area (Å²) in [6.45, 7) is 4.11. The molecule has 1 aliphatic carbocycles. The van der Waals surface area contributed by atoms with Crippen LogP contribution in [0.15, 0.2) is 41.2 Å². The number of rotatable bonds is 5. The van der Waals surface area contributed by atoms with Crippen LogP contribution >= 0.6 is 11.6 Å². The normalized spacial score (nSPS) is 16.1. The maximum Gasteiger partial charge on any atom is 0.278 e.